The van der Waals surface area contributed by atoms with E-state index < -0.39 is 23.7 Å². The van der Waals surface area contributed by atoms with Gasteiger partial charge in [0, 0.05) is 17.4 Å². The van der Waals surface area contributed by atoms with E-state index >= 15 is 0 Å². The summed E-state index contributed by atoms with van der Waals surface area (Å²) < 4.78 is 5.26. The van der Waals surface area contributed by atoms with Gasteiger partial charge in [-0.3, -0.25) is 9.78 Å². The van der Waals surface area contributed by atoms with Gasteiger partial charge >= 0.3 is 5.97 Å². The number of amides is 1. The minimum atomic E-state index is -1.09. The number of hydrogen-bond donors (Lipinski definition) is 1. The molecule has 1 fully saturated rings. The van der Waals surface area contributed by atoms with Gasteiger partial charge in [0.25, 0.3) is 0 Å². The fourth-order valence-electron chi connectivity index (χ4n) is 2.59. The van der Waals surface area contributed by atoms with E-state index in [1.807, 2.05) is 27.7 Å². The number of hydrogen-bond acceptors (Lipinski definition) is 4. The Balaban J connectivity index is 2.51. The minimum Gasteiger partial charge on any atom is -0.479 e. The highest BCUT2D eigenvalue weighted by atomic mass is 16.5. The molecule has 1 aromatic rings. The van der Waals surface area contributed by atoms with Crippen LogP contribution in [0.2, 0.25) is 0 Å². The Kier molecular flexibility index (Phi) is 4.00. The van der Waals surface area contributed by atoms with Crippen molar-refractivity contribution in [3.05, 3.63) is 29.6 Å². The molecule has 2 rings (SSSR count). The number of carbonyl (C=O) groups is 2. The average Bonchev–Trinajstić information content (AvgIpc) is 2.37. The van der Waals surface area contributed by atoms with Gasteiger partial charge in [0.1, 0.15) is 6.61 Å². The lowest BCUT2D eigenvalue weighted by atomic mass is 9.93. The number of morpholine rings is 1. The van der Waals surface area contributed by atoms with Crippen LogP contribution in [0.3, 0.4) is 0 Å². The number of carbonyl (C=O) groups excluding carboxylic acids is 1. The van der Waals surface area contributed by atoms with Gasteiger partial charge in [-0.05, 0) is 39.3 Å². The summed E-state index contributed by atoms with van der Waals surface area (Å²) in [6, 6.07) is 2.91. The van der Waals surface area contributed by atoms with Gasteiger partial charge in [0.05, 0.1) is 6.04 Å². The first kappa shape index (κ1) is 15.4. The molecule has 1 saturated heterocycles. The van der Waals surface area contributed by atoms with E-state index in [0.29, 0.717) is 5.56 Å². The van der Waals surface area contributed by atoms with Crippen molar-refractivity contribution in [2.24, 2.45) is 0 Å². The number of ether oxygens (including phenoxy) is 1. The number of rotatable bonds is 2. The van der Waals surface area contributed by atoms with Gasteiger partial charge in [-0.2, -0.15) is 0 Å². The molecule has 1 amide bonds. The molecule has 0 spiro atoms. The highest BCUT2D eigenvalue weighted by molar-refractivity contribution is 5.83. The minimum absolute atomic E-state index is 0.217. The van der Waals surface area contributed by atoms with Crippen molar-refractivity contribution in [3.63, 3.8) is 0 Å². The molecule has 0 aromatic carbocycles. The monoisotopic (exact) mass is 292 g/mol. The average molecular weight is 292 g/mol. The van der Waals surface area contributed by atoms with Crippen LogP contribution in [0.25, 0.3) is 0 Å². The van der Waals surface area contributed by atoms with E-state index in [0.717, 1.165) is 5.69 Å². The Labute approximate surface area is 123 Å². The SMILES string of the molecule is Cc1ccc(C2C(C(=O)O)OCC(=O)N2C(C)(C)C)cn1. The zero-order valence-corrected chi connectivity index (χ0v) is 12.7. The second-order valence-electron chi connectivity index (χ2n) is 6.18. The highest BCUT2D eigenvalue weighted by Gasteiger charge is 2.46. The second kappa shape index (κ2) is 5.44. The summed E-state index contributed by atoms with van der Waals surface area (Å²) in [4.78, 5) is 29.5. The zero-order valence-electron chi connectivity index (χ0n) is 12.7. The van der Waals surface area contributed by atoms with Crippen LogP contribution in [0.1, 0.15) is 38.1 Å². The Morgan fingerprint density at radius 3 is 2.57 bits per heavy atom. The maximum atomic E-state index is 12.2. The summed E-state index contributed by atoms with van der Waals surface area (Å²) in [6.07, 6.45) is 0.517. The van der Waals surface area contributed by atoms with E-state index in [9.17, 15) is 14.7 Å². The lowest BCUT2D eigenvalue weighted by Gasteiger charge is -2.46. The number of aryl methyl sites for hydroxylation is 1. The van der Waals surface area contributed by atoms with Crippen LogP contribution in [0, 0.1) is 6.92 Å². The van der Waals surface area contributed by atoms with Crippen molar-refractivity contribution >= 4 is 11.9 Å². The first-order chi connectivity index (χ1) is 9.71. The molecular formula is C15H20N2O4. The Morgan fingerprint density at radius 1 is 1.43 bits per heavy atom. The van der Waals surface area contributed by atoms with Crippen molar-refractivity contribution in [1.82, 2.24) is 9.88 Å². The fourth-order valence-corrected chi connectivity index (χ4v) is 2.59. The quantitative estimate of drug-likeness (QED) is 0.894. The third-order valence-corrected chi connectivity index (χ3v) is 3.46. The van der Waals surface area contributed by atoms with Crippen LogP contribution in [0.5, 0.6) is 0 Å². The third kappa shape index (κ3) is 3.05. The van der Waals surface area contributed by atoms with Crippen LogP contribution < -0.4 is 0 Å². The van der Waals surface area contributed by atoms with Crippen molar-refractivity contribution in [3.8, 4) is 0 Å². The zero-order chi connectivity index (χ0) is 15.8. The van der Waals surface area contributed by atoms with Crippen molar-refractivity contribution < 1.29 is 19.4 Å². The lowest BCUT2D eigenvalue weighted by Crippen LogP contribution is -2.58. The maximum Gasteiger partial charge on any atom is 0.335 e. The smallest absolute Gasteiger partial charge is 0.335 e. The van der Waals surface area contributed by atoms with E-state index in [1.54, 1.807) is 23.2 Å². The van der Waals surface area contributed by atoms with Gasteiger partial charge in [-0.25, -0.2) is 4.79 Å². The standard InChI is InChI=1S/C15H20N2O4/c1-9-5-6-10(7-16-9)12-13(14(19)20)21-8-11(18)17(12)15(2,3)4/h5-7,12-13H,8H2,1-4H3,(H,19,20). The molecule has 1 aliphatic heterocycles. The largest absolute Gasteiger partial charge is 0.479 e. The number of aliphatic carboxylic acids is 1. The second-order valence-corrected chi connectivity index (χ2v) is 6.18. The van der Waals surface area contributed by atoms with E-state index in [1.165, 1.54) is 0 Å². The van der Waals surface area contributed by atoms with Gasteiger partial charge in [-0.15, -0.1) is 0 Å². The van der Waals surface area contributed by atoms with Gasteiger partial charge in [0.15, 0.2) is 6.10 Å². The molecule has 0 saturated carbocycles. The number of aromatic nitrogens is 1. The molecule has 6 nitrogen and oxygen atoms in total. The van der Waals surface area contributed by atoms with Crippen LogP contribution >= 0.6 is 0 Å². The van der Waals surface area contributed by atoms with Crippen LogP contribution in [0.4, 0.5) is 0 Å². The molecule has 2 atom stereocenters. The van der Waals surface area contributed by atoms with Crippen LogP contribution in [0.15, 0.2) is 18.3 Å². The van der Waals surface area contributed by atoms with E-state index in [-0.39, 0.29) is 12.5 Å². The van der Waals surface area contributed by atoms with Gasteiger partial charge in [0.2, 0.25) is 5.91 Å². The van der Waals surface area contributed by atoms with E-state index in [4.69, 9.17) is 4.74 Å². The lowest BCUT2D eigenvalue weighted by molar-refractivity contribution is -0.179. The summed E-state index contributed by atoms with van der Waals surface area (Å²) in [5.41, 5.74) is 0.983. The molecule has 0 radical (unpaired) electrons. The third-order valence-electron chi connectivity index (χ3n) is 3.46. The molecule has 114 valence electrons. The van der Waals surface area contributed by atoms with Crippen molar-refractivity contribution in [2.75, 3.05) is 6.61 Å². The molecular weight excluding hydrogens is 272 g/mol. The maximum absolute atomic E-state index is 12.2. The number of nitrogens with zero attached hydrogens (tertiary/aromatic N) is 2. The topological polar surface area (TPSA) is 79.7 Å². The molecule has 1 N–H and O–H groups in total. The summed E-state index contributed by atoms with van der Waals surface area (Å²) in [5.74, 6) is -1.30. The Morgan fingerprint density at radius 2 is 2.10 bits per heavy atom. The molecule has 1 aliphatic rings. The number of carboxylic acid groups (broad SMARTS) is 1. The first-order valence-corrected chi connectivity index (χ1v) is 6.81. The number of carboxylic acids is 1. The predicted molar refractivity (Wildman–Crippen MR) is 75.7 cm³/mol. The Hall–Kier alpha value is -1.95. The first-order valence-electron chi connectivity index (χ1n) is 6.81. The van der Waals surface area contributed by atoms with Crippen molar-refractivity contribution in [2.45, 2.75) is 45.4 Å². The molecule has 21 heavy (non-hydrogen) atoms. The molecule has 0 aliphatic carbocycles. The van der Waals surface area contributed by atoms with Crippen LogP contribution in [-0.4, -0.2) is 45.1 Å². The van der Waals surface area contributed by atoms with Crippen molar-refractivity contribution in [1.29, 1.82) is 0 Å². The summed E-state index contributed by atoms with van der Waals surface area (Å²) in [6.45, 7) is 7.27. The van der Waals surface area contributed by atoms with E-state index in [2.05, 4.69) is 4.98 Å². The molecule has 6 heteroatoms. The van der Waals surface area contributed by atoms with Crippen LogP contribution in [-0.2, 0) is 14.3 Å². The normalized spacial score (nSPS) is 23.2. The summed E-state index contributed by atoms with van der Waals surface area (Å²) in [7, 11) is 0. The van der Waals surface area contributed by atoms with Gasteiger partial charge < -0.3 is 14.7 Å². The fraction of sp³-hybridized carbons (Fsp3) is 0.533. The molecule has 2 heterocycles. The predicted octanol–water partition coefficient (Wildman–Crippen LogP) is 1.54. The molecule has 0 bridgehead atoms. The highest BCUT2D eigenvalue weighted by Crippen LogP contribution is 2.35. The Bertz CT molecular complexity index is 548. The summed E-state index contributed by atoms with van der Waals surface area (Å²) in [5, 5.41) is 9.41. The van der Waals surface area contributed by atoms with Gasteiger partial charge in [-0.1, -0.05) is 6.07 Å². The molecule has 1 aromatic heterocycles. The summed E-state index contributed by atoms with van der Waals surface area (Å²) >= 11 is 0. The molecule has 2 unspecified atom stereocenters. The number of pyridine rings is 1.